The van der Waals surface area contributed by atoms with E-state index in [1.807, 2.05) is 18.2 Å². The van der Waals surface area contributed by atoms with Crippen molar-refractivity contribution in [2.75, 3.05) is 20.5 Å². The van der Waals surface area contributed by atoms with Crippen LogP contribution in [0.1, 0.15) is 26.3 Å². The van der Waals surface area contributed by atoms with Crippen molar-refractivity contribution in [1.82, 2.24) is 0 Å². The minimum Gasteiger partial charge on any atom is -0.467 e. The van der Waals surface area contributed by atoms with Crippen LogP contribution in [0.25, 0.3) is 0 Å². The molecule has 3 rings (SSSR count). The molecule has 0 aromatic heterocycles. The highest BCUT2D eigenvalue weighted by atomic mass is 28.4. The molecule has 0 aliphatic rings. The summed E-state index contributed by atoms with van der Waals surface area (Å²) in [6.45, 7) is 7.77. The zero-order valence-electron chi connectivity index (χ0n) is 18.4. The monoisotopic (exact) mass is 420 g/mol. The van der Waals surface area contributed by atoms with Gasteiger partial charge in [-0.25, -0.2) is 0 Å². The molecule has 30 heavy (non-hydrogen) atoms. The van der Waals surface area contributed by atoms with Crippen LogP contribution < -0.4 is 15.1 Å². The van der Waals surface area contributed by atoms with Crippen LogP contribution in [0.2, 0.25) is 5.04 Å². The van der Waals surface area contributed by atoms with E-state index in [4.69, 9.17) is 13.9 Å². The molecule has 0 heterocycles. The fourth-order valence-electron chi connectivity index (χ4n) is 4.05. The quantitative estimate of drug-likeness (QED) is 0.368. The maximum Gasteiger partial charge on any atom is 0.261 e. The molecule has 0 fully saturated rings. The van der Waals surface area contributed by atoms with E-state index < -0.39 is 8.32 Å². The van der Waals surface area contributed by atoms with E-state index >= 15 is 0 Å². The molecule has 0 unspecified atom stereocenters. The summed E-state index contributed by atoms with van der Waals surface area (Å²) in [5.74, 6) is 0.852. The normalized spacial score (nSPS) is 12.0. The SMILES string of the molecule is COCOc1ccccc1CCO[Si](c1ccccc1)(c1ccccc1)C(C)(C)C. The van der Waals surface area contributed by atoms with E-state index in [0.29, 0.717) is 6.61 Å². The second-order valence-electron chi connectivity index (χ2n) is 8.42. The van der Waals surface area contributed by atoms with E-state index in [1.165, 1.54) is 10.4 Å². The summed E-state index contributed by atoms with van der Waals surface area (Å²) in [5, 5.41) is 2.57. The Morgan fingerprint density at radius 1 is 0.733 bits per heavy atom. The molecule has 0 saturated carbocycles. The van der Waals surface area contributed by atoms with Gasteiger partial charge < -0.3 is 13.9 Å². The fraction of sp³-hybridized carbons (Fsp3) is 0.308. The van der Waals surface area contributed by atoms with Gasteiger partial charge in [-0.2, -0.15) is 0 Å². The standard InChI is InChI=1S/C26H32O3Si/c1-26(2,3)30(23-14-7-5-8-15-23,24-16-9-6-10-17-24)29-20-19-22-13-11-12-18-25(22)28-21-27-4/h5-18H,19-21H2,1-4H3. The van der Waals surface area contributed by atoms with E-state index in [0.717, 1.165) is 17.7 Å². The second-order valence-corrected chi connectivity index (χ2v) is 12.7. The highest BCUT2D eigenvalue weighted by Gasteiger charge is 2.49. The van der Waals surface area contributed by atoms with Crippen molar-refractivity contribution in [3.63, 3.8) is 0 Å². The molecule has 0 amide bonds. The average molecular weight is 421 g/mol. The van der Waals surface area contributed by atoms with Gasteiger partial charge in [0.15, 0.2) is 6.79 Å². The molecule has 0 aliphatic heterocycles. The summed E-state index contributed by atoms with van der Waals surface area (Å²) >= 11 is 0. The lowest BCUT2D eigenvalue weighted by molar-refractivity contribution is 0.0503. The maximum absolute atomic E-state index is 6.98. The maximum atomic E-state index is 6.98. The molecule has 3 nitrogen and oxygen atoms in total. The van der Waals surface area contributed by atoms with Crippen molar-refractivity contribution in [2.24, 2.45) is 0 Å². The minimum absolute atomic E-state index is 0.0260. The highest BCUT2D eigenvalue weighted by Crippen LogP contribution is 2.37. The van der Waals surface area contributed by atoms with Crippen molar-refractivity contribution in [3.05, 3.63) is 90.5 Å². The zero-order valence-corrected chi connectivity index (χ0v) is 19.4. The van der Waals surface area contributed by atoms with Gasteiger partial charge in [0.2, 0.25) is 0 Å². The molecule has 0 spiro atoms. The predicted octanol–water partition coefficient (Wildman–Crippen LogP) is 4.79. The lowest BCUT2D eigenvalue weighted by Crippen LogP contribution is -2.66. The molecule has 3 aromatic carbocycles. The lowest BCUT2D eigenvalue weighted by Gasteiger charge is -2.43. The minimum atomic E-state index is -2.51. The van der Waals surface area contributed by atoms with E-state index in [-0.39, 0.29) is 11.8 Å². The van der Waals surface area contributed by atoms with Gasteiger partial charge in [0.25, 0.3) is 8.32 Å². The average Bonchev–Trinajstić information content (AvgIpc) is 2.76. The third-order valence-corrected chi connectivity index (χ3v) is 10.5. The topological polar surface area (TPSA) is 27.7 Å². The lowest BCUT2D eigenvalue weighted by atomic mass is 10.1. The summed E-state index contributed by atoms with van der Waals surface area (Å²) in [5.41, 5.74) is 1.13. The Hall–Kier alpha value is -2.40. The Bertz CT molecular complexity index is 865. The Morgan fingerprint density at radius 3 is 1.80 bits per heavy atom. The molecule has 4 heteroatoms. The molecule has 0 N–H and O–H groups in total. The predicted molar refractivity (Wildman–Crippen MR) is 126 cm³/mol. The molecule has 0 saturated heterocycles. The van der Waals surface area contributed by atoms with Crippen molar-refractivity contribution in [2.45, 2.75) is 32.2 Å². The first-order valence-corrected chi connectivity index (χ1v) is 12.3. The summed E-state index contributed by atoms with van der Waals surface area (Å²) in [7, 11) is -0.878. The van der Waals surface area contributed by atoms with Crippen LogP contribution in [-0.4, -0.2) is 28.8 Å². The fourth-order valence-corrected chi connectivity index (χ4v) is 8.61. The Kier molecular flexibility index (Phi) is 7.48. The third-order valence-electron chi connectivity index (χ3n) is 5.41. The van der Waals surface area contributed by atoms with Gasteiger partial charge in [-0.05, 0) is 33.5 Å². The molecule has 3 aromatic rings. The molecule has 0 bridgehead atoms. The number of benzene rings is 3. The van der Waals surface area contributed by atoms with Crippen molar-refractivity contribution < 1.29 is 13.9 Å². The number of hydrogen-bond donors (Lipinski definition) is 0. The van der Waals surface area contributed by atoms with Crippen molar-refractivity contribution in [1.29, 1.82) is 0 Å². The molecular weight excluding hydrogens is 388 g/mol. The Labute approximate surface area is 181 Å². The van der Waals surface area contributed by atoms with E-state index in [1.54, 1.807) is 7.11 Å². The van der Waals surface area contributed by atoms with E-state index in [2.05, 4.69) is 87.5 Å². The first kappa shape index (κ1) is 22.3. The second kappa shape index (κ2) is 10.1. The molecule has 0 aliphatic carbocycles. The van der Waals surface area contributed by atoms with Crippen molar-refractivity contribution in [3.8, 4) is 5.75 Å². The van der Waals surface area contributed by atoms with Crippen molar-refractivity contribution >= 4 is 18.7 Å². The first-order valence-electron chi connectivity index (χ1n) is 10.4. The summed E-state index contributed by atoms with van der Waals surface area (Å²) in [4.78, 5) is 0. The van der Waals surface area contributed by atoms with Gasteiger partial charge >= 0.3 is 0 Å². The number of para-hydroxylation sites is 1. The van der Waals surface area contributed by atoms with Gasteiger partial charge in [0.1, 0.15) is 5.75 Å². The van der Waals surface area contributed by atoms with Crippen LogP contribution in [0.15, 0.2) is 84.9 Å². The number of ether oxygens (including phenoxy) is 2. The smallest absolute Gasteiger partial charge is 0.261 e. The van der Waals surface area contributed by atoms with Gasteiger partial charge in [-0.3, -0.25) is 0 Å². The van der Waals surface area contributed by atoms with Gasteiger partial charge in [-0.15, -0.1) is 0 Å². The molecule has 158 valence electrons. The number of hydrogen-bond acceptors (Lipinski definition) is 3. The van der Waals surface area contributed by atoms with Crippen LogP contribution in [0.3, 0.4) is 0 Å². The van der Waals surface area contributed by atoms with E-state index in [9.17, 15) is 0 Å². The Balaban J connectivity index is 1.93. The van der Waals surface area contributed by atoms with Crippen LogP contribution in [0.4, 0.5) is 0 Å². The molecule has 0 radical (unpaired) electrons. The summed E-state index contributed by atoms with van der Waals surface area (Å²) in [6, 6.07) is 29.6. The highest BCUT2D eigenvalue weighted by molar-refractivity contribution is 6.99. The summed E-state index contributed by atoms with van der Waals surface area (Å²) in [6.07, 6.45) is 0.782. The van der Waals surface area contributed by atoms with Gasteiger partial charge in [0, 0.05) is 13.7 Å². The third kappa shape index (κ3) is 4.83. The number of rotatable bonds is 9. The zero-order chi connectivity index (χ0) is 21.5. The van der Waals surface area contributed by atoms with Crippen LogP contribution in [-0.2, 0) is 15.6 Å². The largest absolute Gasteiger partial charge is 0.467 e. The van der Waals surface area contributed by atoms with Crippen LogP contribution in [0.5, 0.6) is 5.75 Å². The number of methoxy groups -OCH3 is 1. The first-order chi connectivity index (χ1) is 14.5. The summed E-state index contributed by atoms with van der Waals surface area (Å²) < 4.78 is 17.8. The van der Waals surface area contributed by atoms with Crippen LogP contribution >= 0.6 is 0 Å². The molecule has 0 atom stereocenters. The van der Waals surface area contributed by atoms with Gasteiger partial charge in [0.05, 0.1) is 0 Å². The van der Waals surface area contributed by atoms with Gasteiger partial charge in [-0.1, -0.05) is 99.6 Å². The molecular formula is C26H32O3Si. The Morgan fingerprint density at radius 2 is 1.27 bits per heavy atom. The van der Waals surface area contributed by atoms with Crippen LogP contribution in [0, 0.1) is 0 Å².